The first-order chi connectivity index (χ1) is 15.6. The fraction of sp³-hybridized carbons (Fsp3) is 0.375. The summed E-state index contributed by atoms with van der Waals surface area (Å²) in [5, 5.41) is 0.529. The van der Waals surface area contributed by atoms with E-state index in [0.717, 1.165) is 57.6 Å². The Hall–Kier alpha value is -3.26. The summed E-state index contributed by atoms with van der Waals surface area (Å²) >= 11 is 0. The first-order valence-corrected chi connectivity index (χ1v) is 11.0. The number of hydrogen-bond acceptors (Lipinski definition) is 6. The molecule has 2 aliphatic rings. The summed E-state index contributed by atoms with van der Waals surface area (Å²) in [5.74, 6) is 1.02. The van der Waals surface area contributed by atoms with Crippen molar-refractivity contribution in [3.05, 3.63) is 54.7 Å². The molecule has 32 heavy (non-hydrogen) atoms. The molecule has 3 aromatic rings. The van der Waals surface area contributed by atoms with Crippen molar-refractivity contribution in [3.63, 3.8) is 0 Å². The Balaban J connectivity index is 1.24. The highest BCUT2D eigenvalue weighted by atomic mass is 19.1. The van der Waals surface area contributed by atoms with Crippen molar-refractivity contribution in [2.24, 2.45) is 5.92 Å². The van der Waals surface area contributed by atoms with E-state index in [1.165, 1.54) is 6.20 Å². The summed E-state index contributed by atoms with van der Waals surface area (Å²) < 4.78 is 19.9. The number of rotatable bonds is 4. The number of anilines is 1. The van der Waals surface area contributed by atoms with Gasteiger partial charge in [0.05, 0.1) is 17.5 Å². The Labute approximate surface area is 186 Å². The predicted molar refractivity (Wildman–Crippen MR) is 120 cm³/mol. The van der Waals surface area contributed by atoms with E-state index in [1.54, 1.807) is 12.3 Å². The van der Waals surface area contributed by atoms with Gasteiger partial charge >= 0.3 is 0 Å². The van der Waals surface area contributed by atoms with Gasteiger partial charge in [-0.05, 0) is 43.8 Å². The summed E-state index contributed by atoms with van der Waals surface area (Å²) in [6, 6.07) is 9.49. The minimum absolute atomic E-state index is 0.0555. The molecule has 2 saturated heterocycles. The van der Waals surface area contributed by atoms with Gasteiger partial charge < -0.3 is 19.4 Å². The van der Waals surface area contributed by atoms with Crippen LogP contribution in [0, 0.1) is 11.7 Å². The van der Waals surface area contributed by atoms with Gasteiger partial charge in [0.1, 0.15) is 17.0 Å². The zero-order chi connectivity index (χ0) is 22.1. The molecule has 0 aliphatic carbocycles. The largest absolute Gasteiger partial charge is 0.457 e. The van der Waals surface area contributed by atoms with Crippen LogP contribution in [0.25, 0.3) is 10.9 Å². The van der Waals surface area contributed by atoms with Crippen LogP contribution in [0.15, 0.2) is 48.9 Å². The average Bonchev–Trinajstić information content (AvgIpc) is 3.31. The molecule has 0 N–H and O–H groups in total. The number of nitrogens with zero attached hydrogens (tertiary/aromatic N) is 5. The number of hydrogen-bond donors (Lipinski definition) is 0. The lowest BCUT2D eigenvalue weighted by Crippen LogP contribution is -2.49. The van der Waals surface area contributed by atoms with Crippen molar-refractivity contribution in [1.82, 2.24) is 19.8 Å². The lowest BCUT2D eigenvalue weighted by atomic mass is 10.1. The number of benzene rings is 1. The Kier molecular flexibility index (Phi) is 5.61. The Bertz CT molecular complexity index is 1120. The number of carbonyl (C=O) groups excluding carboxylic acids is 1. The summed E-state index contributed by atoms with van der Waals surface area (Å²) in [6.45, 7) is 5.13. The van der Waals surface area contributed by atoms with Crippen molar-refractivity contribution in [2.45, 2.75) is 6.42 Å². The predicted octanol–water partition coefficient (Wildman–Crippen LogP) is 3.16. The van der Waals surface area contributed by atoms with E-state index in [9.17, 15) is 9.18 Å². The molecule has 4 heterocycles. The first kappa shape index (κ1) is 20.6. The van der Waals surface area contributed by atoms with E-state index >= 15 is 0 Å². The van der Waals surface area contributed by atoms with Crippen molar-refractivity contribution in [2.75, 3.05) is 51.2 Å². The quantitative estimate of drug-likeness (QED) is 0.628. The topological polar surface area (TPSA) is 61.8 Å². The molecule has 0 unspecified atom stereocenters. The maximum Gasteiger partial charge on any atom is 0.227 e. The number of halogens is 1. The molecule has 0 spiro atoms. The fourth-order valence-corrected chi connectivity index (χ4v) is 4.43. The summed E-state index contributed by atoms with van der Waals surface area (Å²) in [5.41, 5.74) is 1.31. The SMILES string of the molecule is CN1CCN(C(=O)[C@@H]2CCN(c3ccc(Oc4ccnc5c(F)cncc45)cc3)C2)CC1. The summed E-state index contributed by atoms with van der Waals surface area (Å²) in [4.78, 5) is 27.4. The van der Waals surface area contributed by atoms with Gasteiger partial charge in [-0.3, -0.25) is 14.8 Å². The van der Waals surface area contributed by atoms with Crippen molar-refractivity contribution >= 4 is 22.5 Å². The fourth-order valence-electron chi connectivity index (χ4n) is 4.43. The van der Waals surface area contributed by atoms with Crippen molar-refractivity contribution < 1.29 is 13.9 Å². The molecule has 0 radical (unpaired) electrons. The van der Waals surface area contributed by atoms with E-state index in [1.807, 2.05) is 29.2 Å². The third kappa shape index (κ3) is 4.10. The third-order valence-corrected chi connectivity index (χ3v) is 6.35. The number of fused-ring (bicyclic) bond motifs is 1. The second-order valence-electron chi connectivity index (χ2n) is 8.48. The molecule has 166 valence electrons. The normalized spacial score (nSPS) is 19.5. The molecule has 2 aromatic heterocycles. The molecule has 1 amide bonds. The number of carbonyl (C=O) groups is 1. The number of aromatic nitrogens is 2. The van der Waals surface area contributed by atoms with E-state index in [-0.39, 0.29) is 17.3 Å². The van der Waals surface area contributed by atoms with Crippen LogP contribution in [0.4, 0.5) is 10.1 Å². The second-order valence-corrected chi connectivity index (χ2v) is 8.48. The van der Waals surface area contributed by atoms with Crippen LogP contribution >= 0.6 is 0 Å². The van der Waals surface area contributed by atoms with E-state index in [4.69, 9.17) is 4.74 Å². The third-order valence-electron chi connectivity index (χ3n) is 6.35. The second kappa shape index (κ2) is 8.70. The monoisotopic (exact) mass is 435 g/mol. The Morgan fingerprint density at radius 1 is 1.06 bits per heavy atom. The minimum Gasteiger partial charge on any atom is -0.457 e. The molecule has 0 saturated carbocycles. The van der Waals surface area contributed by atoms with E-state index < -0.39 is 5.82 Å². The maximum absolute atomic E-state index is 13.9. The first-order valence-electron chi connectivity index (χ1n) is 11.0. The standard InChI is InChI=1S/C24H26FN5O2/c1-28-10-12-29(13-11-28)24(31)17-7-9-30(16-17)18-2-4-19(5-3-18)32-22-6-8-27-23-20(22)14-26-15-21(23)25/h2-6,8,14-15,17H,7,9-13,16H2,1H3/t17-/m1/s1. The van der Waals surface area contributed by atoms with E-state index in [2.05, 4.69) is 26.8 Å². The van der Waals surface area contributed by atoms with Gasteiger partial charge in [-0.2, -0.15) is 0 Å². The molecular formula is C24H26FN5O2. The van der Waals surface area contributed by atoms with Gasteiger partial charge in [-0.1, -0.05) is 0 Å². The minimum atomic E-state index is -0.474. The zero-order valence-electron chi connectivity index (χ0n) is 18.1. The smallest absolute Gasteiger partial charge is 0.227 e. The van der Waals surface area contributed by atoms with Crippen LogP contribution in [0.5, 0.6) is 11.5 Å². The van der Waals surface area contributed by atoms with Gasteiger partial charge in [0.15, 0.2) is 5.82 Å². The number of piperazine rings is 1. The molecule has 2 fully saturated rings. The number of pyridine rings is 2. The summed E-state index contributed by atoms with van der Waals surface area (Å²) in [7, 11) is 2.10. The van der Waals surface area contributed by atoms with Crippen LogP contribution < -0.4 is 9.64 Å². The highest BCUT2D eigenvalue weighted by Crippen LogP contribution is 2.31. The Morgan fingerprint density at radius 2 is 1.84 bits per heavy atom. The lowest BCUT2D eigenvalue weighted by Gasteiger charge is -2.34. The highest BCUT2D eigenvalue weighted by molar-refractivity contribution is 5.84. The van der Waals surface area contributed by atoms with Gasteiger partial charge in [-0.15, -0.1) is 0 Å². The molecule has 7 nitrogen and oxygen atoms in total. The van der Waals surface area contributed by atoms with Gasteiger partial charge in [0.25, 0.3) is 0 Å². The summed E-state index contributed by atoms with van der Waals surface area (Å²) in [6.07, 6.45) is 5.10. The number of ether oxygens (including phenoxy) is 1. The number of likely N-dealkylation sites (N-methyl/N-ethyl adjacent to an activating group) is 1. The molecule has 5 rings (SSSR count). The Morgan fingerprint density at radius 3 is 2.62 bits per heavy atom. The molecule has 1 aromatic carbocycles. The van der Waals surface area contributed by atoms with Crippen LogP contribution in [0.1, 0.15) is 6.42 Å². The average molecular weight is 436 g/mol. The lowest BCUT2D eigenvalue weighted by molar-refractivity contribution is -0.136. The van der Waals surface area contributed by atoms with Crippen LogP contribution in [-0.4, -0.2) is 72.0 Å². The number of amides is 1. The maximum atomic E-state index is 13.9. The van der Waals surface area contributed by atoms with E-state index in [0.29, 0.717) is 16.9 Å². The van der Waals surface area contributed by atoms with Crippen molar-refractivity contribution in [3.8, 4) is 11.5 Å². The van der Waals surface area contributed by atoms with Gasteiger partial charge in [0.2, 0.25) is 5.91 Å². The van der Waals surface area contributed by atoms with Crippen molar-refractivity contribution in [1.29, 1.82) is 0 Å². The van der Waals surface area contributed by atoms with Gasteiger partial charge in [0, 0.05) is 57.3 Å². The van der Waals surface area contributed by atoms with Gasteiger partial charge in [-0.25, -0.2) is 4.39 Å². The molecular weight excluding hydrogens is 409 g/mol. The highest BCUT2D eigenvalue weighted by Gasteiger charge is 2.32. The van der Waals surface area contributed by atoms with Crippen LogP contribution in [0.2, 0.25) is 0 Å². The molecule has 8 heteroatoms. The molecule has 0 bridgehead atoms. The van der Waals surface area contributed by atoms with Crippen LogP contribution in [0.3, 0.4) is 0 Å². The molecule has 1 atom stereocenters. The molecule has 2 aliphatic heterocycles. The van der Waals surface area contributed by atoms with Crippen LogP contribution in [-0.2, 0) is 4.79 Å². The zero-order valence-corrected chi connectivity index (χ0v) is 18.1.